The minimum absolute atomic E-state index is 0.473. The lowest BCUT2D eigenvalue weighted by atomic mass is 10.1. The van der Waals surface area contributed by atoms with Gasteiger partial charge in [-0.2, -0.15) is 0 Å². The van der Waals surface area contributed by atoms with Gasteiger partial charge in [0.1, 0.15) is 11.5 Å². The first-order valence-electron chi connectivity index (χ1n) is 5.21. The smallest absolute Gasteiger partial charge is 0.347 e. The van der Waals surface area contributed by atoms with Gasteiger partial charge < -0.3 is 14.6 Å². The van der Waals surface area contributed by atoms with Gasteiger partial charge in [-0.25, -0.2) is 4.79 Å². The second-order valence-electron chi connectivity index (χ2n) is 3.94. The van der Waals surface area contributed by atoms with Gasteiger partial charge in [-0.3, -0.25) is 0 Å². The lowest BCUT2D eigenvalue weighted by Gasteiger charge is -2.22. The number of carbonyl (C=O) groups is 1. The fourth-order valence-electron chi connectivity index (χ4n) is 1.14. The molecule has 0 spiro atoms. The number of benzene rings is 1. The Bertz CT molecular complexity index is 415. The molecule has 4 nitrogen and oxygen atoms in total. The minimum Gasteiger partial charge on any atom is -0.494 e. The van der Waals surface area contributed by atoms with Gasteiger partial charge in [0.15, 0.2) is 5.60 Å². The molecular weight excluding hydrogens is 288 g/mol. The molecule has 0 atom stereocenters. The first-order valence-corrected chi connectivity index (χ1v) is 6.01. The van der Waals surface area contributed by atoms with Crippen LogP contribution in [0.2, 0.25) is 0 Å². The monoisotopic (exact) mass is 302 g/mol. The molecule has 0 aromatic heterocycles. The van der Waals surface area contributed by atoms with Gasteiger partial charge in [-0.1, -0.05) is 0 Å². The summed E-state index contributed by atoms with van der Waals surface area (Å²) in [6.07, 6.45) is 0. The largest absolute Gasteiger partial charge is 0.494 e. The van der Waals surface area contributed by atoms with E-state index < -0.39 is 11.6 Å². The van der Waals surface area contributed by atoms with Gasteiger partial charge in [-0.15, -0.1) is 0 Å². The average molecular weight is 303 g/mol. The molecule has 1 N–H and O–H groups in total. The highest BCUT2D eigenvalue weighted by Gasteiger charge is 2.30. The summed E-state index contributed by atoms with van der Waals surface area (Å²) in [5.41, 5.74) is -1.27. The first kappa shape index (κ1) is 13.8. The van der Waals surface area contributed by atoms with Crippen molar-refractivity contribution in [1.82, 2.24) is 0 Å². The third-order valence-electron chi connectivity index (χ3n) is 2.09. The summed E-state index contributed by atoms with van der Waals surface area (Å²) < 4.78 is 11.4. The zero-order valence-corrected chi connectivity index (χ0v) is 11.6. The number of hydrogen-bond donors (Lipinski definition) is 1. The molecule has 0 heterocycles. The fraction of sp³-hybridized carbons (Fsp3) is 0.417. The second-order valence-corrected chi connectivity index (χ2v) is 4.80. The molecular formula is C12H15BrO4. The zero-order valence-electron chi connectivity index (χ0n) is 9.99. The molecule has 0 unspecified atom stereocenters. The van der Waals surface area contributed by atoms with Crippen LogP contribution >= 0.6 is 15.9 Å². The van der Waals surface area contributed by atoms with Crippen molar-refractivity contribution in [3.05, 3.63) is 22.7 Å². The Morgan fingerprint density at radius 3 is 2.59 bits per heavy atom. The van der Waals surface area contributed by atoms with Crippen molar-refractivity contribution in [2.24, 2.45) is 0 Å². The van der Waals surface area contributed by atoms with Crippen LogP contribution in [0.5, 0.6) is 11.5 Å². The number of halogens is 1. The van der Waals surface area contributed by atoms with Crippen molar-refractivity contribution in [3.8, 4) is 11.5 Å². The second kappa shape index (κ2) is 5.40. The Morgan fingerprint density at radius 1 is 1.47 bits per heavy atom. The number of ether oxygens (including phenoxy) is 2. The Labute approximate surface area is 109 Å². The van der Waals surface area contributed by atoms with Gasteiger partial charge in [-0.05, 0) is 54.9 Å². The van der Waals surface area contributed by atoms with Crippen molar-refractivity contribution < 1.29 is 19.4 Å². The van der Waals surface area contributed by atoms with Crippen LogP contribution in [0.3, 0.4) is 0 Å². The molecule has 0 aliphatic carbocycles. The highest BCUT2D eigenvalue weighted by molar-refractivity contribution is 9.10. The SMILES string of the molecule is CCOc1ccc(OC(C)(C)C(=O)O)c(Br)c1. The van der Waals surface area contributed by atoms with E-state index in [2.05, 4.69) is 15.9 Å². The third kappa shape index (κ3) is 3.63. The lowest BCUT2D eigenvalue weighted by molar-refractivity contribution is -0.152. The molecule has 94 valence electrons. The molecule has 0 bridgehead atoms. The Morgan fingerprint density at radius 2 is 2.12 bits per heavy atom. The molecule has 1 aromatic rings. The molecule has 0 radical (unpaired) electrons. The number of carboxylic acids is 1. The third-order valence-corrected chi connectivity index (χ3v) is 2.71. The molecule has 0 amide bonds. The average Bonchev–Trinajstić information content (AvgIpc) is 2.22. The summed E-state index contributed by atoms with van der Waals surface area (Å²) in [4.78, 5) is 10.9. The summed E-state index contributed by atoms with van der Waals surface area (Å²) in [5, 5.41) is 8.97. The highest BCUT2D eigenvalue weighted by atomic mass is 79.9. The van der Waals surface area contributed by atoms with Gasteiger partial charge >= 0.3 is 5.97 Å². The summed E-state index contributed by atoms with van der Waals surface area (Å²) in [5.74, 6) is 0.166. The molecule has 0 aliphatic heterocycles. The van der Waals surface area contributed by atoms with E-state index in [1.54, 1.807) is 18.2 Å². The van der Waals surface area contributed by atoms with Gasteiger partial charge in [0, 0.05) is 0 Å². The normalized spacial score (nSPS) is 11.1. The summed E-state index contributed by atoms with van der Waals surface area (Å²) in [6, 6.07) is 5.16. The molecule has 1 aromatic carbocycles. The van der Waals surface area contributed by atoms with Gasteiger partial charge in [0.05, 0.1) is 11.1 Å². The maximum Gasteiger partial charge on any atom is 0.347 e. The number of hydrogen-bond acceptors (Lipinski definition) is 3. The molecule has 5 heteroatoms. The van der Waals surface area contributed by atoms with E-state index in [1.165, 1.54) is 13.8 Å². The van der Waals surface area contributed by atoms with E-state index in [1.807, 2.05) is 6.92 Å². The van der Waals surface area contributed by atoms with Crippen LogP contribution in [0.4, 0.5) is 0 Å². The molecule has 17 heavy (non-hydrogen) atoms. The van der Waals surface area contributed by atoms with E-state index in [9.17, 15) is 4.79 Å². The molecule has 0 saturated carbocycles. The topological polar surface area (TPSA) is 55.8 Å². The summed E-state index contributed by atoms with van der Waals surface area (Å²) in [6.45, 7) is 5.47. The zero-order chi connectivity index (χ0) is 13.1. The predicted molar refractivity (Wildman–Crippen MR) is 67.7 cm³/mol. The minimum atomic E-state index is -1.27. The highest BCUT2D eigenvalue weighted by Crippen LogP contribution is 2.31. The Balaban J connectivity index is 2.90. The van der Waals surface area contributed by atoms with Crippen LogP contribution in [0.1, 0.15) is 20.8 Å². The fourth-order valence-corrected chi connectivity index (χ4v) is 1.58. The van der Waals surface area contributed by atoms with Crippen LogP contribution in [-0.2, 0) is 4.79 Å². The van der Waals surface area contributed by atoms with E-state index in [0.29, 0.717) is 22.6 Å². The molecule has 1 rings (SSSR count). The van der Waals surface area contributed by atoms with E-state index in [-0.39, 0.29) is 0 Å². The maximum atomic E-state index is 10.9. The first-order chi connectivity index (χ1) is 7.86. The standard InChI is InChI=1S/C12H15BrO4/c1-4-16-8-5-6-10(9(13)7-8)17-12(2,3)11(14)15/h5-7H,4H2,1-3H3,(H,14,15). The van der Waals surface area contributed by atoms with Crippen molar-refractivity contribution in [2.75, 3.05) is 6.61 Å². The number of aliphatic carboxylic acids is 1. The molecule has 0 fully saturated rings. The van der Waals surface area contributed by atoms with Gasteiger partial charge in [0.25, 0.3) is 0 Å². The van der Waals surface area contributed by atoms with E-state index >= 15 is 0 Å². The van der Waals surface area contributed by atoms with Gasteiger partial charge in [0.2, 0.25) is 0 Å². The number of carboxylic acid groups (broad SMARTS) is 1. The van der Waals surface area contributed by atoms with Crippen LogP contribution in [0.15, 0.2) is 22.7 Å². The molecule has 0 aliphatic rings. The van der Waals surface area contributed by atoms with Crippen LogP contribution in [0.25, 0.3) is 0 Å². The quantitative estimate of drug-likeness (QED) is 0.908. The van der Waals surface area contributed by atoms with Crippen molar-refractivity contribution in [1.29, 1.82) is 0 Å². The summed E-state index contributed by atoms with van der Waals surface area (Å²) >= 11 is 3.32. The lowest BCUT2D eigenvalue weighted by Crippen LogP contribution is -2.37. The Kier molecular flexibility index (Phi) is 4.40. The predicted octanol–water partition coefficient (Wildman–Crippen LogP) is 3.09. The van der Waals surface area contributed by atoms with Crippen molar-refractivity contribution in [3.63, 3.8) is 0 Å². The molecule has 0 saturated heterocycles. The number of rotatable bonds is 5. The summed E-state index contributed by atoms with van der Waals surface area (Å²) in [7, 11) is 0. The Hall–Kier alpha value is -1.23. The van der Waals surface area contributed by atoms with Crippen LogP contribution < -0.4 is 9.47 Å². The van der Waals surface area contributed by atoms with Crippen molar-refractivity contribution >= 4 is 21.9 Å². The van der Waals surface area contributed by atoms with E-state index in [0.717, 1.165) is 0 Å². The van der Waals surface area contributed by atoms with Crippen LogP contribution in [0, 0.1) is 0 Å². The van der Waals surface area contributed by atoms with Crippen LogP contribution in [-0.4, -0.2) is 23.3 Å². The van der Waals surface area contributed by atoms with E-state index in [4.69, 9.17) is 14.6 Å². The van der Waals surface area contributed by atoms with Crippen molar-refractivity contribution in [2.45, 2.75) is 26.4 Å². The maximum absolute atomic E-state index is 10.9.